The summed E-state index contributed by atoms with van der Waals surface area (Å²) in [6.07, 6.45) is 3.74. The Labute approximate surface area is 97.3 Å². The summed E-state index contributed by atoms with van der Waals surface area (Å²) in [4.78, 5) is 0. The van der Waals surface area contributed by atoms with E-state index in [1.165, 1.54) is 0 Å². The van der Waals surface area contributed by atoms with Gasteiger partial charge in [-0.2, -0.15) is 10.4 Å². The van der Waals surface area contributed by atoms with Crippen molar-refractivity contribution in [3.05, 3.63) is 11.9 Å². The van der Waals surface area contributed by atoms with Gasteiger partial charge in [0.05, 0.1) is 22.9 Å². The number of hydrogen-bond donors (Lipinski definition) is 1. The number of aryl methyl sites for hydroxylation is 2. The first kappa shape index (κ1) is 12.6. The minimum absolute atomic E-state index is 0.262. The van der Waals surface area contributed by atoms with Crippen molar-refractivity contribution >= 4 is 5.69 Å². The fraction of sp³-hybridized carbons (Fsp3) is 0.667. The molecule has 1 rings (SSSR count). The van der Waals surface area contributed by atoms with E-state index in [9.17, 15) is 0 Å². The van der Waals surface area contributed by atoms with Crippen molar-refractivity contribution < 1.29 is 0 Å². The predicted molar refractivity (Wildman–Crippen MR) is 65.1 cm³/mol. The monoisotopic (exact) mass is 220 g/mol. The normalized spacial score (nSPS) is 11.2. The van der Waals surface area contributed by atoms with Gasteiger partial charge in [-0.3, -0.25) is 4.68 Å². The number of nitriles is 1. The van der Waals surface area contributed by atoms with Crippen LogP contribution in [-0.2, 0) is 13.5 Å². The summed E-state index contributed by atoms with van der Waals surface area (Å²) in [5.41, 5.74) is 1.90. The first-order valence-corrected chi connectivity index (χ1v) is 5.66. The van der Waals surface area contributed by atoms with Crippen LogP contribution in [0.4, 0.5) is 5.69 Å². The minimum Gasteiger partial charge on any atom is -0.382 e. The van der Waals surface area contributed by atoms with Crippen LogP contribution < -0.4 is 5.32 Å². The van der Waals surface area contributed by atoms with Gasteiger partial charge in [-0.15, -0.1) is 0 Å². The van der Waals surface area contributed by atoms with Crippen molar-refractivity contribution in [2.45, 2.75) is 33.6 Å². The number of anilines is 1. The molecule has 0 aliphatic heterocycles. The molecule has 0 atom stereocenters. The zero-order valence-corrected chi connectivity index (χ0v) is 10.5. The van der Waals surface area contributed by atoms with Crippen LogP contribution in [0.2, 0.25) is 0 Å². The van der Waals surface area contributed by atoms with Gasteiger partial charge in [0.2, 0.25) is 0 Å². The maximum atomic E-state index is 8.90. The average molecular weight is 220 g/mol. The van der Waals surface area contributed by atoms with Crippen LogP contribution >= 0.6 is 0 Å². The highest BCUT2D eigenvalue weighted by Crippen LogP contribution is 2.19. The van der Waals surface area contributed by atoms with Crippen molar-refractivity contribution in [1.29, 1.82) is 5.26 Å². The Bertz CT molecular complexity index is 384. The fourth-order valence-corrected chi connectivity index (χ4v) is 1.51. The zero-order valence-electron chi connectivity index (χ0n) is 10.5. The molecule has 0 unspecified atom stereocenters. The molecule has 0 fully saturated rings. The van der Waals surface area contributed by atoms with E-state index in [1.807, 2.05) is 31.8 Å². The standard InChI is InChI=1S/C12H20N4/c1-5-10-11(8-16(4)15-10)14-7-6-12(2,3)9-13/h8,14H,5-7H2,1-4H3. The molecule has 4 heteroatoms. The van der Waals surface area contributed by atoms with E-state index in [-0.39, 0.29) is 5.41 Å². The average Bonchev–Trinajstić information content (AvgIpc) is 2.59. The highest BCUT2D eigenvalue weighted by molar-refractivity contribution is 5.46. The van der Waals surface area contributed by atoms with Crippen molar-refractivity contribution in [2.75, 3.05) is 11.9 Å². The molecule has 88 valence electrons. The highest BCUT2D eigenvalue weighted by atomic mass is 15.3. The van der Waals surface area contributed by atoms with Crippen LogP contribution in [0.15, 0.2) is 6.20 Å². The summed E-state index contributed by atoms with van der Waals surface area (Å²) in [5.74, 6) is 0. The molecule has 1 aromatic rings. The van der Waals surface area contributed by atoms with Crippen LogP contribution in [0.25, 0.3) is 0 Å². The molecule has 0 radical (unpaired) electrons. The molecular formula is C12H20N4. The van der Waals surface area contributed by atoms with Crippen molar-refractivity contribution in [3.63, 3.8) is 0 Å². The first-order chi connectivity index (χ1) is 7.48. The van der Waals surface area contributed by atoms with Gasteiger partial charge in [0, 0.05) is 19.8 Å². The van der Waals surface area contributed by atoms with E-state index >= 15 is 0 Å². The van der Waals surface area contributed by atoms with Crippen molar-refractivity contribution in [1.82, 2.24) is 9.78 Å². The zero-order chi connectivity index (χ0) is 12.2. The van der Waals surface area contributed by atoms with E-state index < -0.39 is 0 Å². The second-order valence-corrected chi connectivity index (χ2v) is 4.69. The second kappa shape index (κ2) is 5.02. The summed E-state index contributed by atoms with van der Waals surface area (Å²) in [7, 11) is 1.92. The second-order valence-electron chi connectivity index (χ2n) is 4.69. The third-order valence-corrected chi connectivity index (χ3v) is 2.61. The molecule has 1 heterocycles. The summed E-state index contributed by atoms with van der Waals surface area (Å²) in [6, 6.07) is 2.30. The third kappa shape index (κ3) is 3.27. The Kier molecular flexibility index (Phi) is 3.94. The lowest BCUT2D eigenvalue weighted by atomic mass is 9.91. The maximum Gasteiger partial charge on any atom is 0.0853 e. The molecule has 4 nitrogen and oxygen atoms in total. The van der Waals surface area contributed by atoms with E-state index in [4.69, 9.17) is 5.26 Å². The Morgan fingerprint density at radius 1 is 1.56 bits per heavy atom. The smallest absolute Gasteiger partial charge is 0.0853 e. The van der Waals surface area contributed by atoms with Gasteiger partial charge in [-0.1, -0.05) is 6.92 Å². The fourth-order valence-electron chi connectivity index (χ4n) is 1.51. The van der Waals surface area contributed by atoms with E-state index in [0.29, 0.717) is 0 Å². The van der Waals surface area contributed by atoms with Gasteiger partial charge in [0.15, 0.2) is 0 Å². The number of nitrogens with one attached hydrogen (secondary N) is 1. The van der Waals surface area contributed by atoms with Crippen molar-refractivity contribution in [3.8, 4) is 6.07 Å². The summed E-state index contributed by atoms with van der Waals surface area (Å²) in [5, 5.41) is 16.6. The van der Waals surface area contributed by atoms with Crippen LogP contribution in [0, 0.1) is 16.7 Å². The Hall–Kier alpha value is -1.50. The first-order valence-electron chi connectivity index (χ1n) is 5.66. The lowest BCUT2D eigenvalue weighted by Crippen LogP contribution is -2.14. The molecule has 0 bridgehead atoms. The summed E-state index contributed by atoms with van der Waals surface area (Å²) < 4.78 is 1.82. The molecule has 0 aliphatic rings. The van der Waals surface area contributed by atoms with Gasteiger partial charge >= 0.3 is 0 Å². The molecule has 0 saturated carbocycles. The minimum atomic E-state index is -0.262. The topological polar surface area (TPSA) is 53.6 Å². The van der Waals surface area contributed by atoms with Crippen LogP contribution in [0.1, 0.15) is 32.9 Å². The van der Waals surface area contributed by atoms with E-state index in [2.05, 4.69) is 23.4 Å². The van der Waals surface area contributed by atoms with Crippen LogP contribution in [0.3, 0.4) is 0 Å². The van der Waals surface area contributed by atoms with Gasteiger partial charge in [-0.25, -0.2) is 0 Å². The van der Waals surface area contributed by atoms with Crippen LogP contribution in [-0.4, -0.2) is 16.3 Å². The van der Waals surface area contributed by atoms with E-state index in [1.54, 1.807) is 0 Å². The predicted octanol–water partition coefficient (Wildman–Crippen LogP) is 2.33. The Morgan fingerprint density at radius 2 is 2.25 bits per heavy atom. The lowest BCUT2D eigenvalue weighted by Gasteiger charge is -2.15. The third-order valence-electron chi connectivity index (χ3n) is 2.61. The van der Waals surface area contributed by atoms with Gasteiger partial charge in [0.1, 0.15) is 0 Å². The molecule has 0 aromatic carbocycles. The summed E-state index contributed by atoms with van der Waals surface area (Å²) in [6.45, 7) is 6.81. The molecule has 0 spiro atoms. The van der Waals surface area contributed by atoms with Crippen LogP contribution in [0.5, 0.6) is 0 Å². The molecule has 16 heavy (non-hydrogen) atoms. The molecule has 1 N–H and O–H groups in total. The number of aromatic nitrogens is 2. The number of hydrogen-bond acceptors (Lipinski definition) is 3. The largest absolute Gasteiger partial charge is 0.382 e. The van der Waals surface area contributed by atoms with E-state index in [0.717, 1.165) is 30.8 Å². The molecule has 0 aliphatic carbocycles. The quantitative estimate of drug-likeness (QED) is 0.828. The van der Waals surface area contributed by atoms with Gasteiger partial charge < -0.3 is 5.32 Å². The van der Waals surface area contributed by atoms with Gasteiger partial charge in [-0.05, 0) is 26.7 Å². The lowest BCUT2D eigenvalue weighted by molar-refractivity contribution is 0.466. The number of nitrogens with zero attached hydrogens (tertiary/aromatic N) is 3. The highest BCUT2D eigenvalue weighted by Gasteiger charge is 2.16. The molecule has 1 aromatic heterocycles. The molecular weight excluding hydrogens is 200 g/mol. The molecule has 0 amide bonds. The maximum absolute atomic E-state index is 8.90. The van der Waals surface area contributed by atoms with Crippen molar-refractivity contribution in [2.24, 2.45) is 12.5 Å². The SMILES string of the molecule is CCc1nn(C)cc1NCCC(C)(C)C#N. The Morgan fingerprint density at radius 3 is 2.81 bits per heavy atom. The number of rotatable bonds is 5. The summed E-state index contributed by atoms with van der Waals surface area (Å²) >= 11 is 0. The Balaban J connectivity index is 2.52. The molecule has 0 saturated heterocycles. The van der Waals surface area contributed by atoms with Gasteiger partial charge in [0.25, 0.3) is 0 Å².